The summed E-state index contributed by atoms with van der Waals surface area (Å²) < 4.78 is 5.76. The van der Waals surface area contributed by atoms with Gasteiger partial charge in [0.25, 0.3) is 0 Å². The third-order valence-electron chi connectivity index (χ3n) is 4.00. The van der Waals surface area contributed by atoms with Crippen LogP contribution >= 0.6 is 0 Å². The molecule has 1 aliphatic carbocycles. The van der Waals surface area contributed by atoms with E-state index in [1.54, 1.807) is 36.4 Å². The Labute approximate surface area is 161 Å². The number of amides is 2. The second-order valence-electron chi connectivity index (χ2n) is 6.28. The second-order valence-corrected chi connectivity index (χ2v) is 6.28. The number of carbonyl (C=O) groups is 3. The molecule has 1 aliphatic rings. The van der Waals surface area contributed by atoms with Gasteiger partial charge in [-0.3, -0.25) is 9.59 Å². The first-order valence-corrected chi connectivity index (χ1v) is 8.71. The lowest BCUT2D eigenvalue weighted by Crippen LogP contribution is -2.38. The molecule has 0 spiro atoms. The van der Waals surface area contributed by atoms with Gasteiger partial charge in [-0.15, -0.1) is 0 Å². The molecule has 1 saturated carbocycles. The molecule has 0 radical (unpaired) electrons. The van der Waals surface area contributed by atoms with Crippen molar-refractivity contribution in [3.05, 3.63) is 65.2 Å². The van der Waals surface area contributed by atoms with Crippen molar-refractivity contribution < 1.29 is 24.2 Å². The highest BCUT2D eigenvalue weighted by Crippen LogP contribution is 2.19. The molecule has 2 amide bonds. The number of carbonyl (C=O) groups excluding carboxylic acids is 2. The van der Waals surface area contributed by atoms with Gasteiger partial charge in [0.15, 0.2) is 0 Å². The number of carboxylic acids is 1. The number of nitrogens with one attached hydrogen (secondary N) is 2. The molecule has 3 rings (SSSR count). The first kappa shape index (κ1) is 19.1. The van der Waals surface area contributed by atoms with Crippen LogP contribution in [-0.2, 0) is 16.2 Å². The predicted molar refractivity (Wildman–Crippen MR) is 101 cm³/mol. The van der Waals surface area contributed by atoms with Gasteiger partial charge in [-0.1, -0.05) is 24.3 Å². The van der Waals surface area contributed by atoms with Crippen molar-refractivity contribution in [2.45, 2.75) is 25.5 Å². The van der Waals surface area contributed by atoms with E-state index in [9.17, 15) is 14.4 Å². The minimum absolute atomic E-state index is 0.0981. The van der Waals surface area contributed by atoms with Crippen LogP contribution in [0.25, 0.3) is 0 Å². The fraction of sp³-hybridized carbons (Fsp3) is 0.200. The van der Waals surface area contributed by atoms with Crippen molar-refractivity contribution in [2.24, 2.45) is 5.10 Å². The maximum absolute atomic E-state index is 11.7. The molecule has 0 aliphatic heterocycles. The van der Waals surface area contributed by atoms with Gasteiger partial charge in [0.1, 0.15) is 12.4 Å². The number of aromatic carboxylic acids is 1. The zero-order valence-corrected chi connectivity index (χ0v) is 14.9. The second kappa shape index (κ2) is 8.81. The zero-order chi connectivity index (χ0) is 19.9. The average Bonchev–Trinajstić information content (AvgIpc) is 3.51. The minimum atomic E-state index is -0.984. The molecule has 0 heterocycles. The first-order valence-electron chi connectivity index (χ1n) is 8.71. The lowest BCUT2D eigenvalue weighted by atomic mass is 10.1. The smallest absolute Gasteiger partial charge is 0.335 e. The molecule has 0 atom stereocenters. The molecule has 0 bridgehead atoms. The maximum Gasteiger partial charge on any atom is 0.335 e. The van der Waals surface area contributed by atoms with Crippen molar-refractivity contribution in [1.82, 2.24) is 10.7 Å². The Hall–Kier alpha value is -3.68. The summed E-state index contributed by atoms with van der Waals surface area (Å²) >= 11 is 0. The standard InChI is InChI=1S/C20H19N3O5/c24-18(22-16-9-10-16)19(25)23-21-11-15-3-1-2-4-17(15)28-12-13-5-7-14(8-6-13)20(26)27/h1-8,11,16H,9-10,12H2,(H,22,24)(H,23,25)(H,26,27)/b21-11-. The molecule has 0 unspecified atom stereocenters. The molecule has 0 aromatic heterocycles. The van der Waals surface area contributed by atoms with Crippen LogP contribution in [-0.4, -0.2) is 35.1 Å². The van der Waals surface area contributed by atoms with E-state index in [4.69, 9.17) is 9.84 Å². The van der Waals surface area contributed by atoms with Crippen LogP contribution in [0.5, 0.6) is 5.75 Å². The van der Waals surface area contributed by atoms with Crippen LogP contribution in [0, 0.1) is 0 Å². The van der Waals surface area contributed by atoms with E-state index in [0.29, 0.717) is 11.3 Å². The number of hydrogen-bond acceptors (Lipinski definition) is 5. The summed E-state index contributed by atoms with van der Waals surface area (Å²) in [6.45, 7) is 0.237. The van der Waals surface area contributed by atoms with Gasteiger partial charge in [-0.05, 0) is 42.7 Å². The van der Waals surface area contributed by atoms with Gasteiger partial charge in [0.05, 0.1) is 11.8 Å². The summed E-state index contributed by atoms with van der Waals surface area (Å²) in [4.78, 5) is 34.1. The maximum atomic E-state index is 11.7. The predicted octanol–water partition coefficient (Wildman–Crippen LogP) is 1.69. The summed E-state index contributed by atoms with van der Waals surface area (Å²) in [5, 5.41) is 15.3. The largest absolute Gasteiger partial charge is 0.488 e. The average molecular weight is 381 g/mol. The molecule has 2 aromatic carbocycles. The molecule has 8 heteroatoms. The number of hydrazone groups is 1. The normalized spacial score (nSPS) is 13.1. The van der Waals surface area contributed by atoms with Crippen LogP contribution < -0.4 is 15.5 Å². The van der Waals surface area contributed by atoms with Crippen LogP contribution in [0.3, 0.4) is 0 Å². The third kappa shape index (κ3) is 5.41. The summed E-state index contributed by atoms with van der Waals surface area (Å²) in [7, 11) is 0. The highest BCUT2D eigenvalue weighted by molar-refractivity contribution is 6.35. The van der Waals surface area contributed by atoms with Crippen molar-refractivity contribution in [1.29, 1.82) is 0 Å². The monoisotopic (exact) mass is 381 g/mol. The highest BCUT2D eigenvalue weighted by atomic mass is 16.5. The van der Waals surface area contributed by atoms with Gasteiger partial charge in [-0.25, -0.2) is 10.2 Å². The van der Waals surface area contributed by atoms with Gasteiger partial charge in [-0.2, -0.15) is 5.10 Å². The van der Waals surface area contributed by atoms with Crippen LogP contribution in [0.15, 0.2) is 53.6 Å². The number of carboxylic acid groups (broad SMARTS) is 1. The topological polar surface area (TPSA) is 117 Å². The van der Waals surface area contributed by atoms with Crippen molar-refractivity contribution in [3.8, 4) is 5.75 Å². The lowest BCUT2D eigenvalue weighted by Gasteiger charge is -2.09. The van der Waals surface area contributed by atoms with Crippen LogP contribution in [0.4, 0.5) is 0 Å². The number of benzene rings is 2. The summed E-state index contributed by atoms with van der Waals surface area (Å²) in [5.41, 5.74) is 3.82. The number of rotatable bonds is 7. The Morgan fingerprint density at radius 2 is 1.79 bits per heavy atom. The Bertz CT molecular complexity index is 904. The first-order chi connectivity index (χ1) is 13.5. The molecule has 3 N–H and O–H groups in total. The van der Waals surface area contributed by atoms with E-state index in [1.165, 1.54) is 18.3 Å². The molecule has 2 aromatic rings. The lowest BCUT2D eigenvalue weighted by molar-refractivity contribution is -0.139. The van der Waals surface area contributed by atoms with Crippen LogP contribution in [0.2, 0.25) is 0 Å². The third-order valence-corrected chi connectivity index (χ3v) is 4.00. The molecule has 1 fully saturated rings. The number of hydrogen-bond donors (Lipinski definition) is 3. The van der Waals surface area contributed by atoms with E-state index in [0.717, 1.165) is 18.4 Å². The Kier molecular flexibility index (Phi) is 6.01. The molecule has 28 heavy (non-hydrogen) atoms. The van der Waals surface area contributed by atoms with E-state index >= 15 is 0 Å². The minimum Gasteiger partial charge on any atom is -0.488 e. The number of nitrogens with zero attached hydrogens (tertiary/aromatic N) is 1. The SMILES string of the molecule is O=C(N/N=C\c1ccccc1OCc1ccc(C(=O)O)cc1)C(=O)NC1CC1. The van der Waals surface area contributed by atoms with Gasteiger partial charge in [0, 0.05) is 11.6 Å². The number of ether oxygens (including phenoxy) is 1. The molecule has 0 saturated heterocycles. The summed E-state index contributed by atoms with van der Waals surface area (Å²) in [6.07, 6.45) is 3.18. The summed E-state index contributed by atoms with van der Waals surface area (Å²) in [5.74, 6) is -1.97. The van der Waals surface area contributed by atoms with Crippen molar-refractivity contribution in [3.63, 3.8) is 0 Å². The van der Waals surface area contributed by atoms with Crippen LogP contribution in [0.1, 0.15) is 34.3 Å². The zero-order valence-electron chi connectivity index (χ0n) is 14.9. The van der Waals surface area contributed by atoms with Gasteiger partial charge < -0.3 is 15.2 Å². The molecule has 8 nitrogen and oxygen atoms in total. The fourth-order valence-electron chi connectivity index (χ4n) is 2.31. The van der Waals surface area contributed by atoms with E-state index < -0.39 is 17.8 Å². The van der Waals surface area contributed by atoms with E-state index in [2.05, 4.69) is 15.8 Å². The van der Waals surface area contributed by atoms with E-state index in [-0.39, 0.29) is 18.2 Å². The van der Waals surface area contributed by atoms with Crippen molar-refractivity contribution in [2.75, 3.05) is 0 Å². The molecule has 144 valence electrons. The highest BCUT2D eigenvalue weighted by Gasteiger charge is 2.26. The van der Waals surface area contributed by atoms with Gasteiger partial charge >= 0.3 is 17.8 Å². The quantitative estimate of drug-likeness (QED) is 0.383. The summed E-state index contributed by atoms with van der Waals surface area (Å²) in [6, 6.07) is 13.6. The van der Waals surface area contributed by atoms with Crippen molar-refractivity contribution >= 4 is 24.0 Å². The fourth-order valence-corrected chi connectivity index (χ4v) is 2.31. The Balaban J connectivity index is 1.56. The Morgan fingerprint density at radius 1 is 1.07 bits per heavy atom. The molecular formula is C20H19N3O5. The number of para-hydroxylation sites is 1. The van der Waals surface area contributed by atoms with E-state index in [1.807, 2.05) is 0 Å². The molecular weight excluding hydrogens is 362 g/mol. The van der Waals surface area contributed by atoms with Gasteiger partial charge in [0.2, 0.25) is 0 Å². The Morgan fingerprint density at radius 3 is 2.46 bits per heavy atom.